The Balaban J connectivity index is 1.89. The Morgan fingerprint density at radius 3 is 2.57 bits per heavy atom. The maximum atomic E-state index is 11.2. The Hall–Kier alpha value is -0.130. The molecular formula is C9H18N2O2S. The molecule has 1 saturated carbocycles. The molecule has 2 fully saturated rings. The number of nitrogens with two attached hydrogens (primary N) is 1. The molecule has 4 nitrogen and oxygen atoms in total. The molecule has 0 spiro atoms. The number of nitrogens with zero attached hydrogens (tertiary/aromatic N) is 1. The van der Waals surface area contributed by atoms with Crippen molar-refractivity contribution in [1.29, 1.82) is 0 Å². The van der Waals surface area contributed by atoms with E-state index in [1.807, 2.05) is 0 Å². The van der Waals surface area contributed by atoms with Crippen LogP contribution in [-0.2, 0) is 10.0 Å². The SMILES string of the molecule is NS(=O)(=O)C1CCCN(CC2CC2)C1. The fraction of sp³-hybridized carbons (Fsp3) is 1.00. The van der Waals surface area contributed by atoms with Crippen LogP contribution in [0.25, 0.3) is 0 Å². The minimum Gasteiger partial charge on any atom is -0.302 e. The van der Waals surface area contributed by atoms with Crippen LogP contribution in [0.15, 0.2) is 0 Å². The summed E-state index contributed by atoms with van der Waals surface area (Å²) in [5.74, 6) is 0.828. The van der Waals surface area contributed by atoms with Crippen LogP contribution in [0.2, 0.25) is 0 Å². The van der Waals surface area contributed by atoms with Crippen molar-refractivity contribution in [2.75, 3.05) is 19.6 Å². The fourth-order valence-electron chi connectivity index (χ4n) is 2.11. The van der Waals surface area contributed by atoms with Crippen molar-refractivity contribution in [3.63, 3.8) is 0 Å². The van der Waals surface area contributed by atoms with Crippen molar-refractivity contribution in [2.24, 2.45) is 11.1 Å². The van der Waals surface area contributed by atoms with Crippen molar-refractivity contribution in [3.8, 4) is 0 Å². The van der Waals surface area contributed by atoms with Crippen LogP contribution in [0.4, 0.5) is 0 Å². The second-order valence-electron chi connectivity index (χ2n) is 4.56. The molecule has 1 unspecified atom stereocenters. The quantitative estimate of drug-likeness (QED) is 0.733. The number of sulfonamides is 1. The Morgan fingerprint density at radius 1 is 1.29 bits per heavy atom. The maximum absolute atomic E-state index is 11.2. The first-order valence-electron chi connectivity index (χ1n) is 5.29. The van der Waals surface area contributed by atoms with Crippen LogP contribution >= 0.6 is 0 Å². The molecule has 2 rings (SSSR count). The highest BCUT2D eigenvalue weighted by Crippen LogP contribution is 2.30. The monoisotopic (exact) mass is 218 g/mol. The van der Waals surface area contributed by atoms with E-state index in [2.05, 4.69) is 4.90 Å². The van der Waals surface area contributed by atoms with E-state index in [0.29, 0.717) is 6.54 Å². The molecule has 5 heteroatoms. The number of hydrogen-bond donors (Lipinski definition) is 1. The van der Waals surface area contributed by atoms with E-state index in [-0.39, 0.29) is 5.25 Å². The van der Waals surface area contributed by atoms with Crippen LogP contribution in [-0.4, -0.2) is 38.2 Å². The van der Waals surface area contributed by atoms with Gasteiger partial charge in [-0.1, -0.05) is 0 Å². The van der Waals surface area contributed by atoms with Gasteiger partial charge in [-0.15, -0.1) is 0 Å². The van der Waals surface area contributed by atoms with Gasteiger partial charge in [-0.3, -0.25) is 0 Å². The lowest BCUT2D eigenvalue weighted by molar-refractivity contribution is 0.222. The van der Waals surface area contributed by atoms with E-state index in [0.717, 1.165) is 31.8 Å². The standard InChI is InChI=1S/C9H18N2O2S/c10-14(12,13)9-2-1-5-11(7-9)6-8-3-4-8/h8-9H,1-7H2,(H2,10,12,13). The molecular weight excluding hydrogens is 200 g/mol. The molecule has 0 aromatic heterocycles. The van der Waals surface area contributed by atoms with Gasteiger partial charge in [0.15, 0.2) is 0 Å². The lowest BCUT2D eigenvalue weighted by Crippen LogP contribution is -2.45. The third-order valence-corrected chi connectivity index (χ3v) is 4.45. The molecule has 0 aromatic carbocycles. The molecule has 1 aliphatic carbocycles. The van der Waals surface area contributed by atoms with Crippen LogP contribution in [0.1, 0.15) is 25.7 Å². The second kappa shape index (κ2) is 3.79. The van der Waals surface area contributed by atoms with Gasteiger partial charge >= 0.3 is 0 Å². The Kier molecular flexibility index (Phi) is 2.81. The van der Waals surface area contributed by atoms with E-state index in [9.17, 15) is 8.42 Å². The molecule has 1 saturated heterocycles. The van der Waals surface area contributed by atoms with Crippen LogP contribution < -0.4 is 5.14 Å². The lowest BCUT2D eigenvalue weighted by atomic mass is 10.1. The minimum atomic E-state index is -3.32. The van der Waals surface area contributed by atoms with Gasteiger partial charge in [0, 0.05) is 13.1 Å². The normalized spacial score (nSPS) is 30.5. The summed E-state index contributed by atoms with van der Waals surface area (Å²) in [5, 5.41) is 4.84. The van der Waals surface area contributed by atoms with E-state index < -0.39 is 10.0 Å². The number of likely N-dealkylation sites (tertiary alicyclic amines) is 1. The maximum Gasteiger partial charge on any atom is 0.213 e. The second-order valence-corrected chi connectivity index (χ2v) is 6.40. The number of hydrogen-bond acceptors (Lipinski definition) is 3. The number of primary sulfonamides is 1. The zero-order valence-corrected chi connectivity index (χ0v) is 9.17. The summed E-state index contributed by atoms with van der Waals surface area (Å²) < 4.78 is 22.4. The van der Waals surface area contributed by atoms with E-state index in [1.165, 1.54) is 12.8 Å². The molecule has 1 heterocycles. The van der Waals surface area contributed by atoms with Crippen molar-refractivity contribution < 1.29 is 8.42 Å². The third-order valence-electron chi connectivity index (χ3n) is 3.14. The Bertz CT molecular complexity index is 298. The average molecular weight is 218 g/mol. The summed E-state index contributed by atoms with van der Waals surface area (Å²) in [5.41, 5.74) is 0. The minimum absolute atomic E-state index is 0.324. The van der Waals surface area contributed by atoms with Gasteiger partial charge in [-0.2, -0.15) is 0 Å². The first-order valence-corrected chi connectivity index (χ1v) is 6.90. The predicted octanol–water partition coefficient (Wildman–Crippen LogP) is 0.149. The largest absolute Gasteiger partial charge is 0.302 e. The highest BCUT2D eigenvalue weighted by atomic mass is 32.2. The van der Waals surface area contributed by atoms with Gasteiger partial charge in [-0.25, -0.2) is 13.6 Å². The lowest BCUT2D eigenvalue weighted by Gasteiger charge is -2.31. The molecule has 2 aliphatic rings. The van der Waals surface area contributed by atoms with Crippen molar-refractivity contribution in [2.45, 2.75) is 30.9 Å². The van der Waals surface area contributed by atoms with Crippen molar-refractivity contribution in [1.82, 2.24) is 4.90 Å². The molecule has 0 radical (unpaired) electrons. The first-order chi connectivity index (χ1) is 6.55. The van der Waals surface area contributed by atoms with Gasteiger partial charge in [0.2, 0.25) is 10.0 Å². The average Bonchev–Trinajstić information content (AvgIpc) is 2.87. The zero-order valence-electron chi connectivity index (χ0n) is 8.35. The molecule has 2 N–H and O–H groups in total. The summed E-state index contributed by atoms with van der Waals surface area (Å²) >= 11 is 0. The van der Waals surface area contributed by atoms with Crippen LogP contribution in [0.5, 0.6) is 0 Å². The van der Waals surface area contributed by atoms with Crippen LogP contribution in [0, 0.1) is 5.92 Å². The molecule has 0 aromatic rings. The number of piperidine rings is 1. The van der Waals surface area contributed by atoms with Gasteiger partial charge in [0.1, 0.15) is 0 Å². The Labute approximate surface area is 85.5 Å². The van der Waals surface area contributed by atoms with Gasteiger partial charge in [0.05, 0.1) is 5.25 Å². The van der Waals surface area contributed by atoms with Gasteiger partial charge in [-0.05, 0) is 38.1 Å². The summed E-state index contributed by atoms with van der Waals surface area (Å²) in [7, 11) is -3.32. The van der Waals surface area contributed by atoms with E-state index in [4.69, 9.17) is 5.14 Å². The number of rotatable bonds is 3. The summed E-state index contributed by atoms with van der Waals surface area (Å²) in [6.07, 6.45) is 4.33. The van der Waals surface area contributed by atoms with E-state index in [1.54, 1.807) is 0 Å². The fourth-order valence-corrected chi connectivity index (χ4v) is 3.03. The van der Waals surface area contributed by atoms with Gasteiger partial charge in [0.25, 0.3) is 0 Å². The molecule has 0 amide bonds. The molecule has 14 heavy (non-hydrogen) atoms. The van der Waals surface area contributed by atoms with Crippen LogP contribution in [0.3, 0.4) is 0 Å². The predicted molar refractivity (Wildman–Crippen MR) is 55.3 cm³/mol. The highest BCUT2D eigenvalue weighted by Gasteiger charge is 2.31. The summed E-state index contributed by atoms with van der Waals surface area (Å²) in [4.78, 5) is 2.26. The first kappa shape index (κ1) is 10.4. The van der Waals surface area contributed by atoms with Crippen molar-refractivity contribution >= 4 is 10.0 Å². The Morgan fingerprint density at radius 2 is 2.00 bits per heavy atom. The smallest absolute Gasteiger partial charge is 0.213 e. The highest BCUT2D eigenvalue weighted by molar-refractivity contribution is 7.89. The molecule has 1 aliphatic heterocycles. The molecule has 0 bridgehead atoms. The zero-order chi connectivity index (χ0) is 10.2. The van der Waals surface area contributed by atoms with Crippen molar-refractivity contribution in [3.05, 3.63) is 0 Å². The summed E-state index contributed by atoms with van der Waals surface area (Å²) in [6, 6.07) is 0. The molecule has 82 valence electrons. The van der Waals surface area contributed by atoms with E-state index >= 15 is 0 Å². The third kappa shape index (κ3) is 2.68. The summed E-state index contributed by atoms with van der Waals surface area (Å²) in [6.45, 7) is 2.77. The van der Waals surface area contributed by atoms with Gasteiger partial charge < -0.3 is 4.90 Å². The topological polar surface area (TPSA) is 63.4 Å². The molecule has 1 atom stereocenters.